The van der Waals surface area contributed by atoms with E-state index in [4.69, 9.17) is 0 Å². The van der Waals surface area contributed by atoms with Gasteiger partial charge in [-0.25, -0.2) is 0 Å². The van der Waals surface area contributed by atoms with Crippen LogP contribution in [0.3, 0.4) is 0 Å². The normalized spacial score (nSPS) is 23.3. The summed E-state index contributed by atoms with van der Waals surface area (Å²) in [7, 11) is 0. The molecule has 0 aliphatic heterocycles. The van der Waals surface area contributed by atoms with E-state index < -0.39 is 0 Å². The molecule has 2 heteroatoms. The molecule has 2 aliphatic rings. The van der Waals surface area contributed by atoms with Crippen LogP contribution in [0.25, 0.3) is 0 Å². The van der Waals surface area contributed by atoms with Crippen molar-refractivity contribution in [3.8, 4) is 0 Å². The van der Waals surface area contributed by atoms with Gasteiger partial charge in [-0.05, 0) is 37.5 Å². The van der Waals surface area contributed by atoms with E-state index in [-0.39, 0.29) is 5.91 Å². The Morgan fingerprint density at radius 1 is 1.54 bits per heavy atom. The Hall–Kier alpha value is -0.790. The maximum Gasteiger partial charge on any atom is 0.243 e. The second kappa shape index (κ2) is 3.17. The lowest BCUT2D eigenvalue weighted by Crippen LogP contribution is -2.28. The lowest BCUT2D eigenvalue weighted by Gasteiger charge is -2.16. The van der Waals surface area contributed by atoms with Crippen LogP contribution in [0.5, 0.6) is 0 Å². The van der Waals surface area contributed by atoms with E-state index in [1.54, 1.807) is 6.08 Å². The Bertz CT molecular complexity index is 245. The van der Waals surface area contributed by atoms with Crippen LogP contribution in [-0.2, 0) is 4.79 Å². The van der Waals surface area contributed by atoms with Crippen molar-refractivity contribution < 1.29 is 4.79 Å². The summed E-state index contributed by atoms with van der Waals surface area (Å²) in [5.74, 6) is 0.114. The zero-order valence-electron chi connectivity index (χ0n) is 8.23. The molecule has 0 spiro atoms. The molecule has 0 aromatic heterocycles. The zero-order chi connectivity index (χ0) is 9.31. The smallest absolute Gasteiger partial charge is 0.243 e. The van der Waals surface area contributed by atoms with E-state index in [1.165, 1.54) is 24.8 Å². The van der Waals surface area contributed by atoms with Gasteiger partial charge in [0.1, 0.15) is 0 Å². The van der Waals surface area contributed by atoms with Crippen LogP contribution < -0.4 is 5.32 Å². The van der Waals surface area contributed by atoms with E-state index in [2.05, 4.69) is 12.2 Å². The van der Waals surface area contributed by atoms with Gasteiger partial charge in [-0.15, -0.1) is 0 Å². The fourth-order valence-corrected chi connectivity index (χ4v) is 1.45. The molecule has 2 aliphatic carbocycles. The number of carbonyl (C=O) groups excluding carboxylic acids is 1. The first-order valence-corrected chi connectivity index (χ1v) is 5.15. The quantitative estimate of drug-likeness (QED) is 0.660. The molecule has 0 bridgehead atoms. The zero-order valence-corrected chi connectivity index (χ0v) is 8.23. The summed E-state index contributed by atoms with van der Waals surface area (Å²) < 4.78 is 0. The molecule has 0 unspecified atom stereocenters. The maximum atomic E-state index is 11.3. The van der Waals surface area contributed by atoms with Crippen LogP contribution in [0.1, 0.15) is 39.0 Å². The van der Waals surface area contributed by atoms with Crippen molar-refractivity contribution in [3.05, 3.63) is 11.6 Å². The van der Waals surface area contributed by atoms with Crippen LogP contribution >= 0.6 is 0 Å². The van der Waals surface area contributed by atoms with Crippen molar-refractivity contribution >= 4 is 5.91 Å². The second-order valence-corrected chi connectivity index (χ2v) is 4.68. The Balaban J connectivity index is 1.72. The number of carbonyl (C=O) groups is 1. The third-order valence-corrected chi connectivity index (χ3v) is 3.12. The largest absolute Gasteiger partial charge is 0.352 e. The Labute approximate surface area is 79.4 Å². The molecule has 2 rings (SSSR count). The highest BCUT2D eigenvalue weighted by atomic mass is 16.1. The number of hydrogen-bond acceptors (Lipinski definition) is 1. The Morgan fingerprint density at radius 2 is 2.23 bits per heavy atom. The highest BCUT2D eigenvalue weighted by Gasteiger charge is 2.37. The molecule has 72 valence electrons. The third-order valence-electron chi connectivity index (χ3n) is 3.12. The molecular formula is C11H17NO. The highest BCUT2D eigenvalue weighted by Crippen LogP contribution is 2.44. The summed E-state index contributed by atoms with van der Waals surface area (Å²) in [4.78, 5) is 11.3. The summed E-state index contributed by atoms with van der Waals surface area (Å²) >= 11 is 0. The summed E-state index contributed by atoms with van der Waals surface area (Å²) in [6.45, 7) is 3.08. The fourth-order valence-electron chi connectivity index (χ4n) is 1.45. The van der Waals surface area contributed by atoms with Crippen LogP contribution in [0.2, 0.25) is 0 Å². The minimum Gasteiger partial charge on any atom is -0.352 e. The monoisotopic (exact) mass is 179 g/mol. The Kier molecular flexibility index (Phi) is 2.14. The van der Waals surface area contributed by atoms with Gasteiger partial charge in [0.2, 0.25) is 5.91 Å². The maximum absolute atomic E-state index is 11.3. The van der Waals surface area contributed by atoms with Gasteiger partial charge in [0.05, 0.1) is 0 Å². The summed E-state index contributed by atoms with van der Waals surface area (Å²) in [5.41, 5.74) is 1.74. The minimum absolute atomic E-state index is 0.114. The second-order valence-electron chi connectivity index (χ2n) is 4.68. The number of amides is 1. The van der Waals surface area contributed by atoms with E-state index >= 15 is 0 Å². The van der Waals surface area contributed by atoms with E-state index in [9.17, 15) is 4.79 Å². The third kappa shape index (κ3) is 2.33. The lowest BCUT2D eigenvalue weighted by atomic mass is 9.92. The van der Waals surface area contributed by atoms with Gasteiger partial charge in [0, 0.05) is 12.6 Å². The predicted octanol–water partition coefficient (Wildman–Crippen LogP) is 2.01. The molecule has 0 saturated heterocycles. The molecule has 2 saturated carbocycles. The van der Waals surface area contributed by atoms with Crippen molar-refractivity contribution in [2.75, 3.05) is 6.54 Å². The van der Waals surface area contributed by atoms with Crippen molar-refractivity contribution in [1.29, 1.82) is 0 Å². The van der Waals surface area contributed by atoms with Gasteiger partial charge in [0.15, 0.2) is 0 Å². The van der Waals surface area contributed by atoms with Gasteiger partial charge in [0.25, 0.3) is 0 Å². The van der Waals surface area contributed by atoms with Crippen molar-refractivity contribution in [3.63, 3.8) is 0 Å². The predicted molar refractivity (Wildman–Crippen MR) is 52.3 cm³/mol. The molecule has 0 atom stereocenters. The molecule has 13 heavy (non-hydrogen) atoms. The van der Waals surface area contributed by atoms with Gasteiger partial charge in [-0.3, -0.25) is 4.79 Å². The van der Waals surface area contributed by atoms with Gasteiger partial charge < -0.3 is 5.32 Å². The van der Waals surface area contributed by atoms with Crippen molar-refractivity contribution in [2.24, 2.45) is 5.41 Å². The number of rotatable bonds is 3. The molecule has 2 fully saturated rings. The molecule has 0 aromatic carbocycles. The lowest BCUT2D eigenvalue weighted by molar-refractivity contribution is -0.116. The topological polar surface area (TPSA) is 29.1 Å². The fraction of sp³-hybridized carbons (Fsp3) is 0.727. The van der Waals surface area contributed by atoms with Crippen LogP contribution in [0.15, 0.2) is 11.6 Å². The van der Waals surface area contributed by atoms with E-state index in [1.807, 2.05) is 0 Å². The highest BCUT2D eigenvalue weighted by molar-refractivity contribution is 5.88. The van der Waals surface area contributed by atoms with Crippen LogP contribution in [0.4, 0.5) is 0 Å². The van der Waals surface area contributed by atoms with E-state index in [0.29, 0.717) is 5.41 Å². The van der Waals surface area contributed by atoms with Crippen LogP contribution in [0, 0.1) is 5.41 Å². The van der Waals surface area contributed by atoms with E-state index in [0.717, 1.165) is 19.4 Å². The molecule has 1 amide bonds. The summed E-state index contributed by atoms with van der Waals surface area (Å²) in [6, 6.07) is 0. The van der Waals surface area contributed by atoms with Crippen LogP contribution in [-0.4, -0.2) is 12.5 Å². The summed E-state index contributed by atoms with van der Waals surface area (Å²) in [5, 5.41) is 2.97. The minimum atomic E-state index is 0.114. The first-order valence-electron chi connectivity index (χ1n) is 5.15. The number of nitrogens with one attached hydrogen (secondary N) is 1. The van der Waals surface area contributed by atoms with Gasteiger partial charge in [-0.2, -0.15) is 0 Å². The molecular weight excluding hydrogens is 162 g/mol. The molecule has 0 heterocycles. The SMILES string of the molecule is CC1(CNC(=O)C=C2CCC2)CC1. The van der Waals surface area contributed by atoms with Gasteiger partial charge >= 0.3 is 0 Å². The van der Waals surface area contributed by atoms with Crippen molar-refractivity contribution in [1.82, 2.24) is 5.32 Å². The molecule has 1 N–H and O–H groups in total. The first-order chi connectivity index (χ1) is 6.18. The van der Waals surface area contributed by atoms with Gasteiger partial charge in [-0.1, -0.05) is 12.5 Å². The number of hydrogen-bond donors (Lipinski definition) is 1. The Morgan fingerprint density at radius 3 is 2.69 bits per heavy atom. The average molecular weight is 179 g/mol. The number of allylic oxidation sites excluding steroid dienone is 1. The average Bonchev–Trinajstić information content (AvgIpc) is 2.74. The first kappa shape index (κ1) is 8.79. The molecule has 0 aromatic rings. The molecule has 0 radical (unpaired) electrons. The molecule has 2 nitrogen and oxygen atoms in total. The standard InChI is InChI=1S/C11H17NO/c1-11(5-6-11)8-12-10(13)7-9-3-2-4-9/h7H,2-6,8H2,1H3,(H,12,13). The van der Waals surface area contributed by atoms with Crippen molar-refractivity contribution in [2.45, 2.75) is 39.0 Å². The summed E-state index contributed by atoms with van der Waals surface area (Å²) in [6.07, 6.45) is 7.84.